The number of nitrogens with zero attached hydrogens (tertiary/aromatic N) is 1. The summed E-state index contributed by atoms with van der Waals surface area (Å²) in [6.45, 7) is 0.618. The molecule has 1 saturated heterocycles. The van der Waals surface area contributed by atoms with Crippen LogP contribution >= 0.6 is 23.2 Å². The maximum atomic E-state index is 15.0. The van der Waals surface area contributed by atoms with Crippen molar-refractivity contribution in [1.82, 2.24) is 10.9 Å². The van der Waals surface area contributed by atoms with Crippen LogP contribution in [0.3, 0.4) is 0 Å². The Morgan fingerprint density at radius 1 is 1.14 bits per heavy atom. The lowest BCUT2D eigenvalue weighted by Crippen LogP contribution is -2.58. The van der Waals surface area contributed by atoms with E-state index in [-0.39, 0.29) is 28.3 Å². The zero-order valence-electron chi connectivity index (χ0n) is 16.0. The Morgan fingerprint density at radius 2 is 1.90 bits per heavy atom. The lowest BCUT2D eigenvalue weighted by molar-refractivity contribution is -0.0136. The molecule has 8 heteroatoms. The standard InChI is InChI=1S/C21H25Cl2FN4O/c22-14-6-4-7-15(12-14)28(29-27-25)20-17(16-8-5-9-18(23)19(16)24)13-26-21(20)10-2-1-3-11-21/h4-9,12,17,20,26-27H,1-3,10-11,13,25H2. The van der Waals surface area contributed by atoms with E-state index in [4.69, 9.17) is 34.0 Å². The number of hydrogen-bond acceptors (Lipinski definition) is 5. The van der Waals surface area contributed by atoms with Crippen LogP contribution in [-0.4, -0.2) is 18.1 Å². The Kier molecular flexibility index (Phi) is 6.30. The Labute approximate surface area is 180 Å². The van der Waals surface area contributed by atoms with Gasteiger partial charge in [-0.3, -0.25) is 0 Å². The van der Waals surface area contributed by atoms with Crippen LogP contribution < -0.4 is 21.8 Å². The molecular formula is C21H25Cl2FN4O. The minimum absolute atomic E-state index is 0.123. The van der Waals surface area contributed by atoms with Gasteiger partial charge >= 0.3 is 0 Å². The van der Waals surface area contributed by atoms with Gasteiger partial charge < -0.3 is 5.32 Å². The molecule has 0 amide bonds. The molecule has 1 spiro atoms. The molecule has 2 fully saturated rings. The van der Waals surface area contributed by atoms with Crippen molar-refractivity contribution in [3.63, 3.8) is 0 Å². The lowest BCUT2D eigenvalue weighted by Gasteiger charge is -2.45. The van der Waals surface area contributed by atoms with Gasteiger partial charge in [-0.05, 0) is 42.7 Å². The number of nitrogens with two attached hydrogens (primary N) is 1. The van der Waals surface area contributed by atoms with E-state index in [9.17, 15) is 0 Å². The highest BCUT2D eigenvalue weighted by Crippen LogP contribution is 2.46. The van der Waals surface area contributed by atoms with Crippen molar-refractivity contribution in [3.8, 4) is 0 Å². The molecule has 29 heavy (non-hydrogen) atoms. The van der Waals surface area contributed by atoms with Crippen LogP contribution in [0.2, 0.25) is 10.0 Å². The fraction of sp³-hybridized carbons (Fsp3) is 0.429. The molecular weight excluding hydrogens is 414 g/mol. The molecule has 2 aromatic rings. The summed E-state index contributed by atoms with van der Waals surface area (Å²) < 4.78 is 15.0. The fourth-order valence-corrected chi connectivity index (χ4v) is 5.35. The highest BCUT2D eigenvalue weighted by molar-refractivity contribution is 6.31. The van der Waals surface area contributed by atoms with Crippen LogP contribution in [0.25, 0.3) is 0 Å². The van der Waals surface area contributed by atoms with Crippen molar-refractivity contribution in [2.24, 2.45) is 5.84 Å². The Bertz CT molecular complexity index is 862. The number of benzene rings is 2. The van der Waals surface area contributed by atoms with E-state index < -0.39 is 0 Å². The second-order valence-corrected chi connectivity index (χ2v) is 8.65. The molecule has 0 bridgehead atoms. The first kappa shape index (κ1) is 20.8. The van der Waals surface area contributed by atoms with Crippen molar-refractivity contribution >= 4 is 28.9 Å². The van der Waals surface area contributed by atoms with Gasteiger partial charge in [0, 0.05) is 23.0 Å². The number of hydrogen-bond donors (Lipinski definition) is 3. The molecule has 156 valence electrons. The number of nitrogens with one attached hydrogen (secondary N) is 2. The van der Waals surface area contributed by atoms with E-state index in [0.717, 1.165) is 31.4 Å². The molecule has 0 radical (unpaired) electrons. The van der Waals surface area contributed by atoms with Crippen LogP contribution in [0.15, 0.2) is 42.5 Å². The predicted octanol–water partition coefficient (Wildman–Crippen LogP) is 4.71. The van der Waals surface area contributed by atoms with Gasteiger partial charge in [0.1, 0.15) is 5.82 Å². The first-order valence-corrected chi connectivity index (χ1v) is 10.7. The van der Waals surface area contributed by atoms with E-state index in [1.54, 1.807) is 29.3 Å². The van der Waals surface area contributed by atoms with E-state index >= 15 is 4.39 Å². The van der Waals surface area contributed by atoms with Gasteiger partial charge in [-0.1, -0.05) is 60.7 Å². The zero-order valence-corrected chi connectivity index (χ0v) is 17.5. The molecule has 5 nitrogen and oxygen atoms in total. The van der Waals surface area contributed by atoms with Crippen LogP contribution in [0.4, 0.5) is 10.1 Å². The highest BCUT2D eigenvalue weighted by atomic mass is 35.5. The maximum Gasteiger partial charge on any atom is 0.145 e. The number of anilines is 1. The van der Waals surface area contributed by atoms with Gasteiger partial charge in [0.15, 0.2) is 0 Å². The molecule has 4 rings (SSSR count). The normalized spacial score (nSPS) is 23.4. The molecule has 2 aromatic carbocycles. The first-order chi connectivity index (χ1) is 14.1. The second-order valence-electron chi connectivity index (χ2n) is 7.81. The van der Waals surface area contributed by atoms with Gasteiger partial charge in [-0.25, -0.2) is 15.3 Å². The lowest BCUT2D eigenvalue weighted by atomic mass is 9.73. The second kappa shape index (κ2) is 8.76. The van der Waals surface area contributed by atoms with Crippen LogP contribution in [0.5, 0.6) is 0 Å². The molecule has 2 unspecified atom stereocenters. The van der Waals surface area contributed by atoms with Crippen molar-refractivity contribution < 1.29 is 9.33 Å². The largest absolute Gasteiger partial charge is 0.309 e. The molecule has 1 aliphatic heterocycles. The number of halogens is 3. The van der Waals surface area contributed by atoms with Crippen molar-refractivity contribution in [2.45, 2.75) is 49.6 Å². The summed E-state index contributed by atoms with van der Waals surface area (Å²) in [7, 11) is 0. The molecule has 0 aromatic heterocycles. The smallest absolute Gasteiger partial charge is 0.145 e. The Hall–Kier alpha value is -1.41. The number of rotatable bonds is 5. The number of hydroxylamine groups is 1. The third-order valence-electron chi connectivity index (χ3n) is 6.21. The van der Waals surface area contributed by atoms with Gasteiger partial charge in [0.05, 0.1) is 16.8 Å². The fourth-order valence-electron chi connectivity index (χ4n) is 4.98. The third kappa shape index (κ3) is 3.98. The molecule has 1 aliphatic carbocycles. The van der Waals surface area contributed by atoms with E-state index in [0.29, 0.717) is 17.1 Å². The van der Waals surface area contributed by atoms with Crippen molar-refractivity contribution in [3.05, 3.63) is 63.9 Å². The SMILES string of the molecule is NNON(c1cccc(Cl)c1)C1C(c2cccc(Cl)c2F)CNC12CCCCC2. The topological polar surface area (TPSA) is 62.6 Å². The quantitative estimate of drug-likeness (QED) is 0.466. The van der Waals surface area contributed by atoms with E-state index in [1.165, 1.54) is 6.42 Å². The Morgan fingerprint density at radius 3 is 2.62 bits per heavy atom. The minimum Gasteiger partial charge on any atom is -0.309 e. The van der Waals surface area contributed by atoms with Crippen LogP contribution in [-0.2, 0) is 4.94 Å². The van der Waals surface area contributed by atoms with Gasteiger partial charge in [-0.2, -0.15) is 4.94 Å². The minimum atomic E-state index is -0.384. The van der Waals surface area contributed by atoms with Crippen molar-refractivity contribution in [2.75, 3.05) is 11.6 Å². The predicted molar refractivity (Wildman–Crippen MR) is 114 cm³/mol. The summed E-state index contributed by atoms with van der Waals surface area (Å²) in [5, 5.41) is 6.15. The molecule has 2 aliphatic rings. The van der Waals surface area contributed by atoms with Crippen molar-refractivity contribution in [1.29, 1.82) is 0 Å². The average Bonchev–Trinajstić information content (AvgIpc) is 3.06. The molecule has 1 saturated carbocycles. The summed E-state index contributed by atoms with van der Waals surface area (Å²) in [4.78, 5) is 5.72. The van der Waals surface area contributed by atoms with Gasteiger partial charge in [-0.15, -0.1) is 5.59 Å². The first-order valence-electron chi connectivity index (χ1n) is 9.92. The molecule has 1 heterocycles. The summed E-state index contributed by atoms with van der Waals surface area (Å²) in [6, 6.07) is 12.3. The van der Waals surface area contributed by atoms with Crippen LogP contribution in [0.1, 0.15) is 43.6 Å². The number of hydrazine groups is 1. The molecule has 4 N–H and O–H groups in total. The summed E-state index contributed by atoms with van der Waals surface area (Å²) in [5.74, 6) is 5.00. The maximum absolute atomic E-state index is 15.0. The summed E-state index contributed by atoms with van der Waals surface area (Å²) in [5.41, 5.74) is 3.42. The highest BCUT2D eigenvalue weighted by Gasteiger charge is 2.53. The van der Waals surface area contributed by atoms with Crippen LogP contribution in [0, 0.1) is 5.82 Å². The third-order valence-corrected chi connectivity index (χ3v) is 6.74. The average molecular weight is 439 g/mol. The summed E-state index contributed by atoms with van der Waals surface area (Å²) >= 11 is 12.4. The zero-order chi connectivity index (χ0) is 20.4. The monoisotopic (exact) mass is 438 g/mol. The molecule has 2 atom stereocenters. The van der Waals surface area contributed by atoms with Gasteiger partial charge in [0.2, 0.25) is 0 Å². The summed E-state index contributed by atoms with van der Waals surface area (Å²) in [6.07, 6.45) is 5.35. The van der Waals surface area contributed by atoms with Gasteiger partial charge in [0.25, 0.3) is 0 Å². The van der Waals surface area contributed by atoms with E-state index in [2.05, 4.69) is 10.9 Å². The van der Waals surface area contributed by atoms with E-state index in [1.807, 2.05) is 18.2 Å². The Balaban J connectivity index is 1.82.